The second-order valence-corrected chi connectivity index (χ2v) is 6.43. The number of nitrogens with zero attached hydrogens (tertiary/aromatic N) is 1. The van der Waals surface area contributed by atoms with E-state index in [9.17, 15) is 10.1 Å². The van der Waals surface area contributed by atoms with E-state index in [0.29, 0.717) is 21.2 Å². The largest absolute Gasteiger partial charge is 0.292 e. The van der Waals surface area contributed by atoms with E-state index in [2.05, 4.69) is 28.7 Å². The number of carbonyl (C=O) groups excluding carboxylic acids is 1. The minimum absolute atomic E-state index is 0.232. The molecule has 5 heteroatoms. The van der Waals surface area contributed by atoms with Gasteiger partial charge in [0.2, 0.25) is 0 Å². The molecule has 0 N–H and O–H groups in total. The molecule has 0 bridgehead atoms. The third kappa shape index (κ3) is 3.39. The Bertz CT molecular complexity index is 752. The first-order valence-corrected chi connectivity index (χ1v) is 7.93. The van der Waals surface area contributed by atoms with Crippen molar-refractivity contribution in [3.63, 3.8) is 0 Å². The molecule has 0 radical (unpaired) electrons. The van der Waals surface area contributed by atoms with Crippen LogP contribution < -0.4 is 0 Å². The van der Waals surface area contributed by atoms with E-state index in [1.54, 1.807) is 24.3 Å². The van der Waals surface area contributed by atoms with Gasteiger partial charge in [0, 0.05) is 9.13 Å². The van der Waals surface area contributed by atoms with Crippen LogP contribution in [0.4, 0.5) is 0 Å². The molecule has 2 rings (SSSR count). The third-order valence-electron chi connectivity index (χ3n) is 3.13. The molecule has 2 aromatic carbocycles. The van der Waals surface area contributed by atoms with E-state index in [0.717, 1.165) is 9.13 Å². The van der Waals surface area contributed by atoms with Gasteiger partial charge >= 0.3 is 0 Å². The lowest BCUT2D eigenvalue weighted by Gasteiger charge is -2.12. The Morgan fingerprint density at radius 1 is 1.24 bits per heavy atom. The first-order chi connectivity index (χ1) is 9.95. The van der Waals surface area contributed by atoms with E-state index in [1.807, 2.05) is 19.1 Å². The lowest BCUT2D eigenvalue weighted by molar-refractivity contribution is 0.0978. The molecule has 0 amide bonds. The first-order valence-electron chi connectivity index (χ1n) is 6.09. The number of hydrogen-bond donors (Lipinski definition) is 0. The van der Waals surface area contributed by atoms with E-state index < -0.39 is 5.92 Å². The van der Waals surface area contributed by atoms with Gasteiger partial charge in [0.15, 0.2) is 5.78 Å². The Hall–Kier alpha value is -1.09. The lowest BCUT2D eigenvalue weighted by atomic mass is 9.91. The smallest absolute Gasteiger partial charge is 0.185 e. The van der Waals surface area contributed by atoms with Crippen molar-refractivity contribution in [2.24, 2.45) is 0 Å². The fourth-order valence-corrected chi connectivity index (χ4v) is 2.90. The molecule has 0 saturated heterocycles. The van der Waals surface area contributed by atoms with E-state index in [4.69, 9.17) is 23.2 Å². The Morgan fingerprint density at radius 3 is 2.57 bits per heavy atom. The SMILES string of the molecule is Cc1cccc(C(=O)C(C#N)c2ccc(Cl)c(Cl)c2)c1I. The zero-order valence-corrected chi connectivity index (χ0v) is 14.7. The quantitative estimate of drug-likeness (QED) is 0.484. The Kier molecular flexibility index (Phi) is 5.26. The second-order valence-electron chi connectivity index (χ2n) is 4.54. The molecular weight excluding hydrogens is 420 g/mol. The predicted octanol–water partition coefficient (Wildman–Crippen LogP) is 5.40. The molecule has 21 heavy (non-hydrogen) atoms. The maximum absolute atomic E-state index is 12.6. The monoisotopic (exact) mass is 429 g/mol. The van der Waals surface area contributed by atoms with E-state index in [1.165, 1.54) is 0 Å². The van der Waals surface area contributed by atoms with Gasteiger partial charge in [-0.3, -0.25) is 4.79 Å². The number of nitriles is 1. The van der Waals surface area contributed by atoms with Gasteiger partial charge < -0.3 is 0 Å². The summed E-state index contributed by atoms with van der Waals surface area (Å²) in [5, 5.41) is 10.1. The number of halogens is 3. The van der Waals surface area contributed by atoms with Crippen LogP contribution in [0.1, 0.15) is 27.4 Å². The lowest BCUT2D eigenvalue weighted by Crippen LogP contribution is -2.13. The van der Waals surface area contributed by atoms with Crippen LogP contribution >= 0.6 is 45.8 Å². The number of benzene rings is 2. The summed E-state index contributed by atoms with van der Waals surface area (Å²) in [4.78, 5) is 12.6. The Balaban J connectivity index is 2.46. The highest BCUT2D eigenvalue weighted by atomic mass is 127. The number of Topliss-reactive ketones (excluding diaryl/α,β-unsaturated/α-hetero) is 1. The molecule has 1 unspecified atom stereocenters. The fourth-order valence-electron chi connectivity index (χ4n) is 1.97. The highest BCUT2D eigenvalue weighted by molar-refractivity contribution is 14.1. The molecule has 0 heterocycles. The van der Waals surface area contributed by atoms with Gasteiger partial charge in [-0.1, -0.05) is 47.5 Å². The summed E-state index contributed by atoms with van der Waals surface area (Å²) < 4.78 is 0.861. The van der Waals surface area contributed by atoms with E-state index in [-0.39, 0.29) is 5.78 Å². The summed E-state index contributed by atoms with van der Waals surface area (Å²) in [6.07, 6.45) is 0. The summed E-state index contributed by atoms with van der Waals surface area (Å²) in [6.45, 7) is 1.93. The van der Waals surface area contributed by atoms with Crippen molar-refractivity contribution in [1.82, 2.24) is 0 Å². The van der Waals surface area contributed by atoms with Crippen molar-refractivity contribution >= 4 is 51.6 Å². The molecule has 0 spiro atoms. The Morgan fingerprint density at radius 2 is 1.95 bits per heavy atom. The molecule has 0 aromatic heterocycles. The third-order valence-corrected chi connectivity index (χ3v) is 5.30. The zero-order chi connectivity index (χ0) is 15.6. The molecule has 2 aromatic rings. The zero-order valence-electron chi connectivity index (χ0n) is 11.0. The summed E-state index contributed by atoms with van der Waals surface area (Å²) >= 11 is 14.0. The fraction of sp³-hybridized carbons (Fsp3) is 0.125. The molecule has 0 fully saturated rings. The number of carbonyl (C=O) groups is 1. The Labute approximate surface area is 146 Å². The summed E-state index contributed by atoms with van der Waals surface area (Å²) in [5.74, 6) is -1.13. The topological polar surface area (TPSA) is 40.9 Å². The molecule has 0 aliphatic carbocycles. The molecule has 1 atom stereocenters. The van der Waals surface area contributed by atoms with Crippen molar-refractivity contribution in [3.05, 3.63) is 66.7 Å². The maximum atomic E-state index is 12.6. The van der Waals surface area contributed by atoms with Gasteiger partial charge in [-0.25, -0.2) is 0 Å². The molecule has 0 saturated carbocycles. The van der Waals surface area contributed by atoms with Gasteiger partial charge in [0.25, 0.3) is 0 Å². The van der Waals surface area contributed by atoms with Crippen LogP contribution in [-0.4, -0.2) is 5.78 Å². The standard InChI is InChI=1S/C16H10Cl2INO/c1-9-3-2-4-11(15(9)19)16(21)12(8-20)10-5-6-13(17)14(18)7-10/h2-7,12H,1H3. The van der Waals surface area contributed by atoms with E-state index >= 15 is 0 Å². The molecule has 2 nitrogen and oxygen atoms in total. The van der Waals surface area contributed by atoms with Crippen LogP contribution in [0, 0.1) is 21.8 Å². The highest BCUT2D eigenvalue weighted by Gasteiger charge is 2.24. The predicted molar refractivity (Wildman–Crippen MR) is 93.0 cm³/mol. The van der Waals surface area contributed by atoms with Crippen molar-refractivity contribution < 1.29 is 4.79 Å². The van der Waals surface area contributed by atoms with Crippen LogP contribution in [0.15, 0.2) is 36.4 Å². The summed E-state index contributed by atoms with van der Waals surface area (Å²) in [6, 6.07) is 12.4. The number of hydrogen-bond acceptors (Lipinski definition) is 2. The van der Waals surface area contributed by atoms with Crippen molar-refractivity contribution in [1.29, 1.82) is 5.26 Å². The van der Waals surface area contributed by atoms with Crippen molar-refractivity contribution in [3.8, 4) is 6.07 Å². The van der Waals surface area contributed by atoms with Gasteiger partial charge in [0.1, 0.15) is 5.92 Å². The normalized spacial score (nSPS) is 11.8. The molecule has 0 aliphatic heterocycles. The maximum Gasteiger partial charge on any atom is 0.185 e. The number of ketones is 1. The second kappa shape index (κ2) is 6.78. The average molecular weight is 430 g/mol. The van der Waals surface area contributed by atoms with Crippen LogP contribution in [0.3, 0.4) is 0 Å². The average Bonchev–Trinajstić information content (AvgIpc) is 2.46. The minimum Gasteiger partial charge on any atom is -0.292 e. The highest BCUT2D eigenvalue weighted by Crippen LogP contribution is 2.29. The molecular formula is C16H10Cl2INO. The van der Waals surface area contributed by atoms with Crippen molar-refractivity contribution in [2.75, 3.05) is 0 Å². The van der Waals surface area contributed by atoms with Gasteiger partial charge in [0.05, 0.1) is 16.1 Å². The molecule has 0 aliphatic rings. The minimum atomic E-state index is -0.893. The van der Waals surface area contributed by atoms with Gasteiger partial charge in [-0.2, -0.15) is 5.26 Å². The van der Waals surface area contributed by atoms with Gasteiger partial charge in [-0.05, 0) is 52.8 Å². The summed E-state index contributed by atoms with van der Waals surface area (Å²) in [7, 11) is 0. The van der Waals surface area contributed by atoms with Gasteiger partial charge in [-0.15, -0.1) is 0 Å². The number of aryl methyl sites for hydroxylation is 1. The van der Waals surface area contributed by atoms with Crippen LogP contribution in [0.2, 0.25) is 10.0 Å². The van der Waals surface area contributed by atoms with Crippen LogP contribution in [-0.2, 0) is 0 Å². The van der Waals surface area contributed by atoms with Crippen molar-refractivity contribution in [2.45, 2.75) is 12.8 Å². The van der Waals surface area contributed by atoms with Crippen LogP contribution in [0.5, 0.6) is 0 Å². The first kappa shape index (κ1) is 16.3. The summed E-state index contributed by atoms with van der Waals surface area (Å²) in [5.41, 5.74) is 2.11. The molecule has 106 valence electrons. The number of rotatable bonds is 3. The van der Waals surface area contributed by atoms with Crippen LogP contribution in [0.25, 0.3) is 0 Å².